The number of halogens is 1. The highest BCUT2D eigenvalue weighted by molar-refractivity contribution is 5.53. The highest BCUT2D eigenvalue weighted by Crippen LogP contribution is 2.31. The lowest BCUT2D eigenvalue weighted by atomic mass is 9.89. The fourth-order valence-corrected chi connectivity index (χ4v) is 3.39. The Labute approximate surface area is 128 Å². The van der Waals surface area contributed by atoms with Gasteiger partial charge in [0.2, 0.25) is 0 Å². The topological polar surface area (TPSA) is 67.6 Å². The van der Waals surface area contributed by atoms with Crippen LogP contribution in [0.15, 0.2) is 18.2 Å². The second kappa shape index (κ2) is 6.58. The summed E-state index contributed by atoms with van der Waals surface area (Å²) in [4.78, 5) is 12.2. The molecule has 1 atom stereocenters. The van der Waals surface area contributed by atoms with Crippen LogP contribution in [0.3, 0.4) is 0 Å². The Balaban J connectivity index is 1.85. The van der Waals surface area contributed by atoms with Crippen molar-refractivity contribution in [2.75, 3.05) is 37.7 Å². The summed E-state index contributed by atoms with van der Waals surface area (Å²) >= 11 is 0. The van der Waals surface area contributed by atoms with Crippen molar-refractivity contribution in [2.24, 2.45) is 5.92 Å². The van der Waals surface area contributed by atoms with Crippen molar-refractivity contribution >= 4 is 11.4 Å². The van der Waals surface area contributed by atoms with Gasteiger partial charge >= 0.3 is 0 Å². The van der Waals surface area contributed by atoms with Gasteiger partial charge in [0.15, 0.2) is 5.82 Å². The molecule has 0 amide bonds. The summed E-state index contributed by atoms with van der Waals surface area (Å²) in [6, 6.07) is 4.12. The molecule has 0 aromatic heterocycles. The average molecular weight is 309 g/mol. The number of hydrogen-bond donors (Lipinski definition) is 1. The lowest BCUT2D eigenvalue weighted by Gasteiger charge is -2.43. The molecule has 1 N–H and O–H groups in total. The molecule has 0 spiro atoms. The molecule has 2 fully saturated rings. The molecule has 0 radical (unpaired) electrons. The largest absolute Gasteiger partial charge is 0.381 e. The summed E-state index contributed by atoms with van der Waals surface area (Å²) < 4.78 is 19.8. The molecular formula is C15H20FN3O3. The SMILES string of the molecule is O=[N+]([O-])c1ccc(N2CCNCC2C2CCOCC2)c(F)c1. The molecular weight excluding hydrogens is 289 g/mol. The van der Waals surface area contributed by atoms with Gasteiger partial charge in [-0.1, -0.05) is 0 Å². The van der Waals surface area contributed by atoms with Crippen molar-refractivity contribution in [3.8, 4) is 0 Å². The number of rotatable bonds is 3. The van der Waals surface area contributed by atoms with E-state index in [1.807, 2.05) is 0 Å². The predicted octanol–water partition coefficient (Wildman–Crippen LogP) is 1.94. The van der Waals surface area contributed by atoms with Crippen LogP contribution in [-0.4, -0.2) is 43.8 Å². The molecule has 0 bridgehead atoms. The summed E-state index contributed by atoms with van der Waals surface area (Å²) in [5.74, 6) is -0.0655. The van der Waals surface area contributed by atoms with Crippen LogP contribution in [0.1, 0.15) is 12.8 Å². The molecule has 1 unspecified atom stereocenters. The minimum absolute atomic E-state index is 0.202. The number of nitrogens with zero attached hydrogens (tertiary/aromatic N) is 2. The smallest absolute Gasteiger partial charge is 0.272 e. The number of hydrogen-bond acceptors (Lipinski definition) is 5. The third-order valence-electron chi connectivity index (χ3n) is 4.54. The summed E-state index contributed by atoms with van der Waals surface area (Å²) in [7, 11) is 0. The number of nitrogens with one attached hydrogen (secondary N) is 1. The number of benzene rings is 1. The molecule has 2 saturated heterocycles. The third-order valence-corrected chi connectivity index (χ3v) is 4.54. The summed E-state index contributed by atoms with van der Waals surface area (Å²) in [6.45, 7) is 3.80. The van der Waals surface area contributed by atoms with Gasteiger partial charge in [-0.15, -0.1) is 0 Å². The van der Waals surface area contributed by atoms with Gasteiger partial charge in [0, 0.05) is 45.0 Å². The quantitative estimate of drug-likeness (QED) is 0.682. The number of piperazine rings is 1. The van der Waals surface area contributed by atoms with Crippen molar-refractivity contribution in [1.82, 2.24) is 5.32 Å². The minimum Gasteiger partial charge on any atom is -0.381 e. The molecule has 2 heterocycles. The number of ether oxygens (including phenoxy) is 1. The Bertz CT molecular complexity index is 549. The molecule has 3 rings (SSSR count). The Morgan fingerprint density at radius 1 is 1.36 bits per heavy atom. The van der Waals surface area contributed by atoms with E-state index in [1.165, 1.54) is 12.1 Å². The zero-order valence-corrected chi connectivity index (χ0v) is 12.3. The zero-order chi connectivity index (χ0) is 15.5. The Morgan fingerprint density at radius 2 is 2.14 bits per heavy atom. The Hall–Kier alpha value is -1.73. The first kappa shape index (κ1) is 15.2. The molecule has 0 aliphatic carbocycles. The van der Waals surface area contributed by atoms with Crippen molar-refractivity contribution < 1.29 is 14.1 Å². The molecule has 2 aliphatic rings. The lowest BCUT2D eigenvalue weighted by Crippen LogP contribution is -2.55. The van der Waals surface area contributed by atoms with Crippen LogP contribution in [0.25, 0.3) is 0 Å². The van der Waals surface area contributed by atoms with E-state index in [4.69, 9.17) is 4.74 Å². The second-order valence-corrected chi connectivity index (χ2v) is 5.81. The van der Waals surface area contributed by atoms with Crippen LogP contribution in [0.5, 0.6) is 0 Å². The number of nitro benzene ring substituents is 1. The molecule has 22 heavy (non-hydrogen) atoms. The normalized spacial score (nSPS) is 23.5. The van der Waals surface area contributed by atoms with Crippen LogP contribution in [0.2, 0.25) is 0 Å². The average Bonchev–Trinajstić information content (AvgIpc) is 2.55. The van der Waals surface area contributed by atoms with Crippen LogP contribution in [-0.2, 0) is 4.74 Å². The van der Waals surface area contributed by atoms with Gasteiger partial charge in [-0.3, -0.25) is 10.1 Å². The first-order valence-corrected chi connectivity index (χ1v) is 7.66. The van der Waals surface area contributed by atoms with Crippen LogP contribution in [0, 0.1) is 21.8 Å². The van der Waals surface area contributed by atoms with Gasteiger partial charge in [-0.25, -0.2) is 4.39 Å². The molecule has 6 nitrogen and oxygen atoms in total. The third kappa shape index (κ3) is 3.05. The van der Waals surface area contributed by atoms with E-state index in [9.17, 15) is 14.5 Å². The first-order valence-electron chi connectivity index (χ1n) is 7.66. The molecule has 120 valence electrons. The molecule has 7 heteroatoms. The van der Waals surface area contributed by atoms with E-state index in [0.717, 1.165) is 45.2 Å². The zero-order valence-electron chi connectivity index (χ0n) is 12.3. The summed E-state index contributed by atoms with van der Waals surface area (Å²) in [5, 5.41) is 14.1. The Kier molecular flexibility index (Phi) is 4.54. The maximum Gasteiger partial charge on any atom is 0.272 e. The van der Waals surface area contributed by atoms with Gasteiger partial charge in [0.05, 0.1) is 16.7 Å². The van der Waals surface area contributed by atoms with Gasteiger partial charge in [0.25, 0.3) is 5.69 Å². The van der Waals surface area contributed by atoms with Gasteiger partial charge < -0.3 is 15.0 Å². The summed E-state index contributed by atoms with van der Waals surface area (Å²) in [6.07, 6.45) is 1.94. The lowest BCUT2D eigenvalue weighted by molar-refractivity contribution is -0.385. The van der Waals surface area contributed by atoms with E-state index in [0.29, 0.717) is 18.2 Å². The van der Waals surface area contributed by atoms with Crippen LogP contribution >= 0.6 is 0 Å². The van der Waals surface area contributed by atoms with Crippen LogP contribution < -0.4 is 10.2 Å². The maximum atomic E-state index is 14.3. The number of non-ortho nitro benzene ring substituents is 1. The number of nitro groups is 1. The van der Waals surface area contributed by atoms with Crippen LogP contribution in [0.4, 0.5) is 15.8 Å². The van der Waals surface area contributed by atoms with E-state index >= 15 is 0 Å². The Morgan fingerprint density at radius 3 is 2.82 bits per heavy atom. The minimum atomic E-state index is -0.569. The van der Waals surface area contributed by atoms with Gasteiger partial charge in [-0.2, -0.15) is 0 Å². The molecule has 2 aliphatic heterocycles. The second-order valence-electron chi connectivity index (χ2n) is 5.81. The van der Waals surface area contributed by atoms with Crippen molar-refractivity contribution in [3.63, 3.8) is 0 Å². The highest BCUT2D eigenvalue weighted by Gasteiger charge is 2.32. The van der Waals surface area contributed by atoms with E-state index < -0.39 is 10.7 Å². The molecule has 1 aromatic carbocycles. The van der Waals surface area contributed by atoms with E-state index in [2.05, 4.69) is 10.2 Å². The fourth-order valence-electron chi connectivity index (χ4n) is 3.39. The van der Waals surface area contributed by atoms with E-state index in [-0.39, 0.29) is 11.7 Å². The number of anilines is 1. The van der Waals surface area contributed by atoms with E-state index in [1.54, 1.807) is 0 Å². The molecule has 0 saturated carbocycles. The van der Waals surface area contributed by atoms with Gasteiger partial charge in [-0.05, 0) is 24.8 Å². The predicted molar refractivity (Wildman–Crippen MR) is 80.6 cm³/mol. The monoisotopic (exact) mass is 309 g/mol. The standard InChI is InChI=1S/C15H20FN3O3/c16-13-9-12(19(20)21)1-2-14(13)18-6-5-17-10-15(18)11-3-7-22-8-4-11/h1-2,9,11,15,17H,3-8,10H2. The van der Waals surface area contributed by atoms with Crippen molar-refractivity contribution in [3.05, 3.63) is 34.1 Å². The first-order chi connectivity index (χ1) is 10.7. The highest BCUT2D eigenvalue weighted by atomic mass is 19.1. The van der Waals surface area contributed by atoms with Crippen molar-refractivity contribution in [1.29, 1.82) is 0 Å². The van der Waals surface area contributed by atoms with Crippen molar-refractivity contribution in [2.45, 2.75) is 18.9 Å². The molecule has 1 aromatic rings. The van der Waals surface area contributed by atoms with Gasteiger partial charge in [0.1, 0.15) is 0 Å². The maximum absolute atomic E-state index is 14.3. The summed E-state index contributed by atoms with van der Waals surface area (Å²) in [5.41, 5.74) is 0.252. The fraction of sp³-hybridized carbons (Fsp3) is 0.600.